The molecular weight excluding hydrogens is 254 g/mol. The monoisotopic (exact) mass is 269 g/mol. The maximum atomic E-state index is 10.7. The average Bonchev–Trinajstić information content (AvgIpc) is 2.34. The second kappa shape index (κ2) is 6.12. The number of aliphatic hydroxyl groups excluding tert-OH is 2. The largest absolute Gasteiger partial charge is 0.393 e. The highest BCUT2D eigenvalue weighted by atomic mass is 16.6. The molecule has 104 valence electrons. The second-order valence-electron chi connectivity index (χ2n) is 4.02. The molecular formula is C11H15N3O5. The Kier molecular flexibility index (Phi) is 4.79. The Morgan fingerprint density at radius 2 is 2.16 bits per heavy atom. The molecule has 0 aliphatic rings. The molecule has 0 aliphatic heterocycles. The van der Waals surface area contributed by atoms with E-state index in [-0.39, 0.29) is 29.4 Å². The maximum Gasteiger partial charge on any atom is 0.292 e. The van der Waals surface area contributed by atoms with Crippen LogP contribution in [0.4, 0.5) is 11.4 Å². The zero-order valence-electron chi connectivity index (χ0n) is 10.2. The first-order chi connectivity index (χ1) is 8.82. The summed E-state index contributed by atoms with van der Waals surface area (Å²) in [7, 11) is 0. The molecule has 2 unspecified atom stereocenters. The van der Waals surface area contributed by atoms with Gasteiger partial charge in [-0.15, -0.1) is 0 Å². The van der Waals surface area contributed by atoms with Crippen molar-refractivity contribution in [1.29, 1.82) is 0 Å². The zero-order valence-corrected chi connectivity index (χ0v) is 10.2. The number of nitrogens with two attached hydrogens (primary N) is 1. The van der Waals surface area contributed by atoms with E-state index in [1.807, 2.05) is 0 Å². The van der Waals surface area contributed by atoms with E-state index in [2.05, 4.69) is 5.32 Å². The Bertz CT molecular complexity index is 491. The van der Waals surface area contributed by atoms with Crippen LogP contribution in [0.5, 0.6) is 0 Å². The molecule has 2 atom stereocenters. The van der Waals surface area contributed by atoms with Crippen molar-refractivity contribution in [3.63, 3.8) is 0 Å². The number of nitrogen functional groups attached to an aromatic ring is 1. The van der Waals surface area contributed by atoms with Crippen LogP contribution in [-0.2, 0) is 4.79 Å². The topological polar surface area (TPSA) is 139 Å². The van der Waals surface area contributed by atoms with Gasteiger partial charge in [0.2, 0.25) is 5.91 Å². The summed E-state index contributed by atoms with van der Waals surface area (Å²) in [6.07, 6.45) is -2.53. The normalized spacial score (nSPS) is 13.6. The fraction of sp³-hybridized carbons (Fsp3) is 0.364. The Morgan fingerprint density at radius 1 is 1.53 bits per heavy atom. The number of anilines is 1. The van der Waals surface area contributed by atoms with Gasteiger partial charge in [0.05, 0.1) is 4.92 Å². The number of nitro groups is 1. The van der Waals surface area contributed by atoms with Crippen LogP contribution in [0.15, 0.2) is 18.2 Å². The lowest BCUT2D eigenvalue weighted by Gasteiger charge is -2.18. The first-order valence-electron chi connectivity index (χ1n) is 5.47. The summed E-state index contributed by atoms with van der Waals surface area (Å²) in [6.45, 7) is 1.15. The Hall–Kier alpha value is -2.19. The van der Waals surface area contributed by atoms with Gasteiger partial charge in [-0.25, -0.2) is 0 Å². The van der Waals surface area contributed by atoms with Gasteiger partial charge in [-0.3, -0.25) is 14.9 Å². The third-order valence-electron chi connectivity index (χ3n) is 2.51. The van der Waals surface area contributed by atoms with E-state index in [9.17, 15) is 25.1 Å². The standard InChI is InChI=1S/C11H15N3O5/c1-6(15)13-5-10(16)11(17)7-2-3-9(14(18)19)8(12)4-7/h2-4,10-11,16-17H,5,12H2,1H3,(H,13,15). The van der Waals surface area contributed by atoms with Crippen LogP contribution in [0, 0.1) is 10.1 Å². The molecule has 0 aliphatic carbocycles. The van der Waals surface area contributed by atoms with E-state index in [0.717, 1.165) is 6.07 Å². The van der Waals surface area contributed by atoms with Gasteiger partial charge in [0.15, 0.2) is 0 Å². The molecule has 0 radical (unpaired) electrons. The minimum atomic E-state index is -1.30. The molecule has 0 fully saturated rings. The Balaban J connectivity index is 2.82. The molecule has 1 rings (SSSR count). The third kappa shape index (κ3) is 3.90. The number of carbonyl (C=O) groups is 1. The van der Waals surface area contributed by atoms with Crippen LogP contribution >= 0.6 is 0 Å². The predicted octanol–water partition coefficient (Wildman–Crippen LogP) is -0.293. The number of amides is 1. The Labute approximate surface area is 109 Å². The highest BCUT2D eigenvalue weighted by Gasteiger charge is 2.21. The molecule has 0 saturated heterocycles. The molecule has 5 N–H and O–H groups in total. The number of hydrogen-bond acceptors (Lipinski definition) is 6. The zero-order chi connectivity index (χ0) is 14.6. The number of carbonyl (C=O) groups excluding carboxylic acids is 1. The number of benzene rings is 1. The minimum absolute atomic E-state index is 0.103. The summed E-state index contributed by atoms with van der Waals surface area (Å²) < 4.78 is 0. The molecule has 0 heterocycles. The SMILES string of the molecule is CC(=O)NCC(O)C(O)c1ccc([N+](=O)[O-])c(N)c1. The minimum Gasteiger partial charge on any atom is -0.393 e. The van der Waals surface area contributed by atoms with Gasteiger partial charge in [0.25, 0.3) is 5.69 Å². The highest BCUT2D eigenvalue weighted by Crippen LogP contribution is 2.26. The molecule has 1 aromatic carbocycles. The summed E-state index contributed by atoms with van der Waals surface area (Å²) in [5, 5.41) is 32.4. The van der Waals surface area contributed by atoms with Crippen LogP contribution in [0.3, 0.4) is 0 Å². The molecule has 19 heavy (non-hydrogen) atoms. The number of rotatable bonds is 5. The van der Waals surface area contributed by atoms with E-state index in [1.54, 1.807) is 0 Å². The average molecular weight is 269 g/mol. The fourth-order valence-corrected chi connectivity index (χ4v) is 1.51. The third-order valence-corrected chi connectivity index (χ3v) is 2.51. The smallest absolute Gasteiger partial charge is 0.292 e. The quantitative estimate of drug-likeness (QED) is 0.329. The van der Waals surface area contributed by atoms with Crippen molar-refractivity contribution in [1.82, 2.24) is 5.32 Å². The first kappa shape index (κ1) is 14.9. The summed E-state index contributed by atoms with van der Waals surface area (Å²) in [4.78, 5) is 20.6. The van der Waals surface area contributed by atoms with Crippen molar-refractivity contribution in [2.45, 2.75) is 19.1 Å². The van der Waals surface area contributed by atoms with Crippen LogP contribution < -0.4 is 11.1 Å². The van der Waals surface area contributed by atoms with E-state index in [0.29, 0.717) is 0 Å². The van der Waals surface area contributed by atoms with Crippen molar-refractivity contribution in [3.8, 4) is 0 Å². The van der Waals surface area contributed by atoms with E-state index < -0.39 is 17.1 Å². The molecule has 1 amide bonds. The number of nitrogens with one attached hydrogen (secondary N) is 1. The summed E-state index contributed by atoms with van der Waals surface area (Å²) >= 11 is 0. The fourth-order valence-electron chi connectivity index (χ4n) is 1.51. The van der Waals surface area contributed by atoms with Crippen LogP contribution in [-0.4, -0.2) is 33.7 Å². The number of hydrogen-bond donors (Lipinski definition) is 4. The van der Waals surface area contributed by atoms with Crippen LogP contribution in [0.1, 0.15) is 18.6 Å². The van der Waals surface area contributed by atoms with Crippen molar-refractivity contribution in [2.24, 2.45) is 0 Å². The van der Waals surface area contributed by atoms with Gasteiger partial charge in [0.1, 0.15) is 17.9 Å². The van der Waals surface area contributed by atoms with Gasteiger partial charge in [-0.1, -0.05) is 0 Å². The van der Waals surface area contributed by atoms with Gasteiger partial charge in [-0.2, -0.15) is 0 Å². The van der Waals surface area contributed by atoms with E-state index in [4.69, 9.17) is 5.73 Å². The molecule has 8 nitrogen and oxygen atoms in total. The van der Waals surface area contributed by atoms with Gasteiger partial charge >= 0.3 is 0 Å². The van der Waals surface area contributed by atoms with Crippen molar-refractivity contribution >= 4 is 17.3 Å². The Morgan fingerprint density at radius 3 is 2.63 bits per heavy atom. The predicted molar refractivity (Wildman–Crippen MR) is 67.2 cm³/mol. The molecule has 1 aromatic rings. The van der Waals surface area contributed by atoms with Gasteiger partial charge in [0, 0.05) is 19.5 Å². The second-order valence-corrected chi connectivity index (χ2v) is 4.02. The lowest BCUT2D eigenvalue weighted by molar-refractivity contribution is -0.383. The first-order valence-corrected chi connectivity index (χ1v) is 5.47. The summed E-state index contributed by atoms with van der Waals surface area (Å²) in [6, 6.07) is 3.68. The number of aliphatic hydroxyl groups is 2. The molecule has 0 spiro atoms. The van der Waals surface area contributed by atoms with Gasteiger partial charge < -0.3 is 21.3 Å². The lowest BCUT2D eigenvalue weighted by Crippen LogP contribution is -2.34. The molecule has 8 heteroatoms. The van der Waals surface area contributed by atoms with E-state index >= 15 is 0 Å². The van der Waals surface area contributed by atoms with E-state index in [1.165, 1.54) is 19.1 Å². The lowest BCUT2D eigenvalue weighted by atomic mass is 10.0. The number of nitrogens with zero attached hydrogens (tertiary/aromatic N) is 1. The van der Waals surface area contributed by atoms with Crippen molar-refractivity contribution in [3.05, 3.63) is 33.9 Å². The summed E-state index contributed by atoms with van der Waals surface area (Å²) in [5.74, 6) is -0.338. The highest BCUT2D eigenvalue weighted by molar-refractivity contribution is 5.72. The summed E-state index contributed by atoms with van der Waals surface area (Å²) in [5.41, 5.74) is 5.34. The molecule has 0 bridgehead atoms. The van der Waals surface area contributed by atoms with Crippen molar-refractivity contribution in [2.75, 3.05) is 12.3 Å². The molecule has 0 saturated carbocycles. The van der Waals surface area contributed by atoms with Crippen LogP contribution in [0.2, 0.25) is 0 Å². The van der Waals surface area contributed by atoms with Gasteiger partial charge in [-0.05, 0) is 17.7 Å². The maximum absolute atomic E-state index is 10.7. The molecule has 0 aromatic heterocycles. The number of nitro benzene ring substituents is 1. The van der Waals surface area contributed by atoms with Crippen LogP contribution in [0.25, 0.3) is 0 Å². The van der Waals surface area contributed by atoms with Crippen molar-refractivity contribution < 1.29 is 19.9 Å².